The van der Waals surface area contributed by atoms with E-state index < -0.39 is 0 Å². The second-order valence-electron chi connectivity index (χ2n) is 12.6. The Balaban J connectivity index is 1.42. The van der Waals surface area contributed by atoms with Gasteiger partial charge in [-0.1, -0.05) is 77.9 Å². The highest BCUT2D eigenvalue weighted by atomic mass is 15.4. The molecule has 3 aliphatic rings. The third-order valence-electron chi connectivity index (χ3n) is 9.75. The molecule has 6 nitrogen and oxygen atoms in total. The first-order chi connectivity index (χ1) is 18.4. The summed E-state index contributed by atoms with van der Waals surface area (Å²) in [6.45, 7) is 16.2. The summed E-state index contributed by atoms with van der Waals surface area (Å²) in [6.07, 6.45) is 21.2. The van der Waals surface area contributed by atoms with Gasteiger partial charge in [0.05, 0.1) is 12.6 Å². The van der Waals surface area contributed by atoms with E-state index in [2.05, 4.69) is 47.0 Å². The molecule has 1 unspecified atom stereocenters. The van der Waals surface area contributed by atoms with Crippen molar-refractivity contribution in [1.29, 1.82) is 5.41 Å². The van der Waals surface area contributed by atoms with Gasteiger partial charge in [0.25, 0.3) is 0 Å². The predicted octanol–water partition coefficient (Wildman–Crippen LogP) is 7.15. The van der Waals surface area contributed by atoms with Gasteiger partial charge in [0, 0.05) is 32.2 Å². The van der Waals surface area contributed by atoms with Crippen molar-refractivity contribution in [3.63, 3.8) is 0 Å². The van der Waals surface area contributed by atoms with E-state index in [4.69, 9.17) is 11.1 Å². The number of allylic oxidation sites excluding steroid dienone is 1. The number of hydrogen-bond acceptors (Lipinski definition) is 4. The van der Waals surface area contributed by atoms with Crippen LogP contribution >= 0.6 is 0 Å². The Labute approximate surface area is 235 Å². The average molecular weight is 529 g/mol. The first-order valence-corrected chi connectivity index (χ1v) is 16.3. The Morgan fingerprint density at radius 3 is 2.39 bits per heavy atom. The zero-order valence-corrected chi connectivity index (χ0v) is 25.3. The fraction of sp³-hybridized carbons (Fsp3) is 0.875. The molecule has 3 N–H and O–H groups in total. The van der Waals surface area contributed by atoms with Crippen LogP contribution in [-0.2, 0) is 0 Å². The fourth-order valence-electron chi connectivity index (χ4n) is 7.12. The van der Waals surface area contributed by atoms with Gasteiger partial charge in [0.2, 0.25) is 0 Å². The quantitative estimate of drug-likeness (QED) is 0.146. The van der Waals surface area contributed by atoms with E-state index in [1.54, 1.807) is 0 Å². The minimum Gasteiger partial charge on any atom is -0.370 e. The lowest BCUT2D eigenvalue weighted by Crippen LogP contribution is -2.43. The minimum absolute atomic E-state index is 0.412. The van der Waals surface area contributed by atoms with Gasteiger partial charge < -0.3 is 20.4 Å². The lowest BCUT2D eigenvalue weighted by atomic mass is 9.68. The van der Waals surface area contributed by atoms with Crippen molar-refractivity contribution >= 4 is 11.9 Å². The molecule has 2 aliphatic heterocycles. The van der Waals surface area contributed by atoms with E-state index in [0.717, 1.165) is 57.5 Å². The van der Waals surface area contributed by atoms with Crippen LogP contribution in [0.25, 0.3) is 0 Å². The fourth-order valence-corrected chi connectivity index (χ4v) is 7.12. The molecule has 0 radical (unpaired) electrons. The minimum atomic E-state index is 0.412. The lowest BCUT2D eigenvalue weighted by Gasteiger charge is -2.39. The van der Waals surface area contributed by atoms with Crippen LogP contribution in [0, 0.1) is 10.8 Å². The number of nitrogens with one attached hydrogen (secondary N) is 1. The number of nitrogens with zero attached hydrogens (tertiary/aromatic N) is 4. The number of aliphatic imine (C=N–C) groups is 1. The highest BCUT2D eigenvalue weighted by Crippen LogP contribution is 2.44. The van der Waals surface area contributed by atoms with Crippen molar-refractivity contribution < 1.29 is 0 Å². The van der Waals surface area contributed by atoms with Crippen molar-refractivity contribution in [2.24, 2.45) is 16.1 Å². The molecule has 3 atom stereocenters. The molecule has 1 saturated carbocycles. The van der Waals surface area contributed by atoms with Crippen molar-refractivity contribution in [3.05, 3.63) is 12.2 Å². The molecule has 0 aromatic heterocycles. The Morgan fingerprint density at radius 2 is 1.66 bits per heavy atom. The molecular weight excluding hydrogens is 468 g/mol. The maximum absolute atomic E-state index is 8.91. The third kappa shape index (κ3) is 8.64. The summed E-state index contributed by atoms with van der Waals surface area (Å²) >= 11 is 0. The number of unbranched alkanes of at least 4 members (excludes halogenated alkanes) is 6. The first kappa shape index (κ1) is 30.8. The smallest absolute Gasteiger partial charge is 0.194 e. The molecule has 0 aromatic rings. The molecule has 218 valence electrons. The zero-order chi connectivity index (χ0) is 27.4. The van der Waals surface area contributed by atoms with Crippen LogP contribution in [0.15, 0.2) is 17.1 Å². The molecule has 1 saturated heterocycles. The molecule has 0 bridgehead atoms. The molecule has 38 heavy (non-hydrogen) atoms. The van der Waals surface area contributed by atoms with Gasteiger partial charge in [-0.05, 0) is 69.6 Å². The number of hydrogen-bond donors (Lipinski definition) is 2. The van der Waals surface area contributed by atoms with Gasteiger partial charge in [-0.2, -0.15) is 0 Å². The molecular formula is C32H60N6. The lowest BCUT2D eigenvalue weighted by molar-refractivity contribution is 0.169. The van der Waals surface area contributed by atoms with Crippen LogP contribution in [0.5, 0.6) is 0 Å². The highest BCUT2D eigenvalue weighted by Gasteiger charge is 2.35. The van der Waals surface area contributed by atoms with Crippen molar-refractivity contribution in [3.8, 4) is 0 Å². The second-order valence-corrected chi connectivity index (χ2v) is 12.6. The van der Waals surface area contributed by atoms with Crippen molar-refractivity contribution in [2.75, 3.05) is 32.7 Å². The maximum atomic E-state index is 8.91. The summed E-state index contributed by atoms with van der Waals surface area (Å²) in [7, 11) is 0. The summed E-state index contributed by atoms with van der Waals surface area (Å²) in [5.74, 6) is 1.54. The van der Waals surface area contributed by atoms with E-state index in [-0.39, 0.29) is 0 Å². The van der Waals surface area contributed by atoms with Crippen molar-refractivity contribution in [1.82, 2.24) is 14.7 Å². The normalized spacial score (nSPS) is 26.1. The van der Waals surface area contributed by atoms with E-state index >= 15 is 0 Å². The predicted molar refractivity (Wildman–Crippen MR) is 164 cm³/mol. The summed E-state index contributed by atoms with van der Waals surface area (Å²) in [6, 6.07) is 0.986. The molecule has 2 heterocycles. The zero-order valence-electron chi connectivity index (χ0n) is 25.3. The topological polar surface area (TPSA) is 72.0 Å². The Kier molecular flexibility index (Phi) is 12.8. The van der Waals surface area contributed by atoms with Gasteiger partial charge >= 0.3 is 0 Å². The highest BCUT2D eigenvalue weighted by molar-refractivity contribution is 5.80. The Morgan fingerprint density at radius 1 is 0.921 bits per heavy atom. The average Bonchev–Trinajstić information content (AvgIpc) is 3.42. The number of nitrogens with two attached hydrogens (primary N) is 1. The van der Waals surface area contributed by atoms with Crippen LogP contribution < -0.4 is 5.73 Å². The standard InChI is InChI=1S/C32H60N6/c1-5-8-10-11-13-22-38-29(17-9-6-2)26-36(31(38)34)21-14-12-18-28-25-35-30(33)37(28)23-20-32(7-3)19-15-16-27(4)24-32/h28-29,34H,4-26H2,1-3H3,(H2,33,35)/t28-,29-,32?/m0/s1. The third-order valence-corrected chi connectivity index (χ3v) is 9.75. The van der Waals surface area contributed by atoms with E-state index in [1.165, 1.54) is 102 Å². The first-order valence-electron chi connectivity index (χ1n) is 16.3. The molecule has 3 rings (SSSR count). The summed E-state index contributed by atoms with van der Waals surface area (Å²) < 4.78 is 0. The van der Waals surface area contributed by atoms with Crippen LogP contribution in [-0.4, -0.2) is 71.4 Å². The van der Waals surface area contributed by atoms with Gasteiger partial charge in [0.15, 0.2) is 11.9 Å². The monoisotopic (exact) mass is 528 g/mol. The Bertz CT molecular complexity index is 763. The molecule has 2 fully saturated rings. The maximum Gasteiger partial charge on any atom is 0.194 e. The second kappa shape index (κ2) is 15.8. The summed E-state index contributed by atoms with van der Waals surface area (Å²) in [5.41, 5.74) is 8.23. The summed E-state index contributed by atoms with van der Waals surface area (Å²) in [5, 5.41) is 8.91. The number of guanidine groups is 2. The summed E-state index contributed by atoms with van der Waals surface area (Å²) in [4.78, 5) is 11.8. The van der Waals surface area contributed by atoms with Crippen LogP contribution in [0.1, 0.15) is 130 Å². The largest absolute Gasteiger partial charge is 0.370 e. The van der Waals surface area contributed by atoms with Crippen molar-refractivity contribution in [2.45, 2.75) is 142 Å². The van der Waals surface area contributed by atoms with Crippen LogP contribution in [0.2, 0.25) is 0 Å². The molecule has 0 aromatic carbocycles. The van der Waals surface area contributed by atoms with Crippen LogP contribution in [0.4, 0.5) is 0 Å². The molecule has 6 heteroatoms. The van der Waals surface area contributed by atoms with Gasteiger partial charge in [-0.3, -0.25) is 10.4 Å². The van der Waals surface area contributed by atoms with E-state index in [0.29, 0.717) is 17.5 Å². The molecule has 0 spiro atoms. The molecule has 1 aliphatic carbocycles. The molecule has 0 amide bonds. The van der Waals surface area contributed by atoms with Gasteiger partial charge in [0.1, 0.15) is 0 Å². The number of rotatable bonds is 18. The van der Waals surface area contributed by atoms with E-state index in [9.17, 15) is 0 Å². The van der Waals surface area contributed by atoms with Gasteiger partial charge in [-0.15, -0.1) is 0 Å². The van der Waals surface area contributed by atoms with Gasteiger partial charge in [-0.25, -0.2) is 0 Å². The van der Waals surface area contributed by atoms with Crippen LogP contribution in [0.3, 0.4) is 0 Å². The van der Waals surface area contributed by atoms with E-state index in [1.807, 2.05) is 0 Å². The Hall–Kier alpha value is -1.72. The SMILES string of the molecule is C=C1CCCC(CC)(CCN2C(N)=NC[C@@H]2CCCCN2C[C@H](CCCC)N(CCCCCCC)C2=N)C1.